The third-order valence-electron chi connectivity index (χ3n) is 5.86. The van der Waals surface area contributed by atoms with Crippen molar-refractivity contribution in [2.45, 2.75) is 26.3 Å². The van der Waals surface area contributed by atoms with Crippen molar-refractivity contribution >= 4 is 23.3 Å². The quantitative estimate of drug-likeness (QED) is 0.430. The standard InChI is InChI=1S/C28H27FN2O5/c1-19-5-2-3-6-25(19)35-17-24(32)21-10-13-26-23(15-21)31(28(34)18-36-26)14-4-7-27(33)30-16-20-8-11-22(29)12-9-20/h2-3,5-6,8-13,15H,4,7,14,16-18H2,1H3,(H,30,33). The van der Waals surface area contributed by atoms with E-state index in [-0.39, 0.29) is 43.0 Å². The van der Waals surface area contributed by atoms with Gasteiger partial charge in [0.1, 0.15) is 17.3 Å². The Hall–Kier alpha value is -4.20. The van der Waals surface area contributed by atoms with Crippen LogP contribution < -0.4 is 19.7 Å². The van der Waals surface area contributed by atoms with Crippen LogP contribution in [0.4, 0.5) is 10.1 Å². The van der Waals surface area contributed by atoms with Gasteiger partial charge in [-0.3, -0.25) is 14.4 Å². The van der Waals surface area contributed by atoms with E-state index >= 15 is 0 Å². The van der Waals surface area contributed by atoms with E-state index in [0.717, 1.165) is 11.1 Å². The highest BCUT2D eigenvalue weighted by molar-refractivity contribution is 6.02. The van der Waals surface area contributed by atoms with Crippen molar-refractivity contribution in [3.05, 3.63) is 89.2 Å². The van der Waals surface area contributed by atoms with Gasteiger partial charge in [-0.2, -0.15) is 0 Å². The average Bonchev–Trinajstić information content (AvgIpc) is 2.88. The zero-order valence-corrected chi connectivity index (χ0v) is 20.0. The molecule has 0 fully saturated rings. The molecule has 0 saturated heterocycles. The van der Waals surface area contributed by atoms with E-state index in [1.807, 2.05) is 25.1 Å². The molecular formula is C28H27FN2O5. The molecule has 0 aliphatic carbocycles. The maximum atomic E-state index is 13.0. The SMILES string of the molecule is Cc1ccccc1OCC(=O)c1ccc2c(c1)N(CCCC(=O)NCc1ccc(F)cc1)C(=O)CO2. The first kappa shape index (κ1) is 24.9. The van der Waals surface area contributed by atoms with Crippen molar-refractivity contribution in [1.82, 2.24) is 5.32 Å². The molecule has 0 atom stereocenters. The number of nitrogens with zero attached hydrogens (tertiary/aromatic N) is 1. The van der Waals surface area contributed by atoms with Gasteiger partial charge in [-0.05, 0) is 60.9 Å². The van der Waals surface area contributed by atoms with Crippen LogP contribution in [0, 0.1) is 12.7 Å². The lowest BCUT2D eigenvalue weighted by atomic mass is 10.1. The van der Waals surface area contributed by atoms with Crippen molar-refractivity contribution in [2.24, 2.45) is 0 Å². The molecule has 0 saturated carbocycles. The molecule has 0 unspecified atom stereocenters. The van der Waals surface area contributed by atoms with Crippen molar-refractivity contribution in [3.8, 4) is 11.5 Å². The number of ether oxygens (including phenoxy) is 2. The zero-order chi connectivity index (χ0) is 25.5. The third-order valence-corrected chi connectivity index (χ3v) is 5.86. The number of carbonyl (C=O) groups is 3. The number of rotatable bonds is 10. The van der Waals surface area contributed by atoms with Gasteiger partial charge in [-0.15, -0.1) is 0 Å². The van der Waals surface area contributed by atoms with E-state index in [0.29, 0.717) is 42.3 Å². The van der Waals surface area contributed by atoms with Crippen LogP contribution in [0.25, 0.3) is 0 Å². The minimum absolute atomic E-state index is 0.104. The largest absolute Gasteiger partial charge is 0.485 e. The van der Waals surface area contributed by atoms with Crippen LogP contribution in [-0.2, 0) is 16.1 Å². The first-order valence-electron chi connectivity index (χ1n) is 11.7. The number of fused-ring (bicyclic) bond motifs is 1. The van der Waals surface area contributed by atoms with Crippen molar-refractivity contribution < 1.29 is 28.2 Å². The number of Topliss-reactive ketones (excluding diaryl/α,β-unsaturated/α-hetero) is 1. The Balaban J connectivity index is 1.34. The number of carbonyl (C=O) groups excluding carboxylic acids is 3. The fraction of sp³-hybridized carbons (Fsp3) is 0.250. The molecule has 8 heteroatoms. The first-order valence-corrected chi connectivity index (χ1v) is 11.7. The fourth-order valence-corrected chi connectivity index (χ4v) is 3.85. The predicted octanol–water partition coefficient (Wildman–Crippen LogP) is 4.22. The number of aryl methyl sites for hydroxylation is 1. The van der Waals surface area contributed by atoms with E-state index in [1.165, 1.54) is 12.1 Å². The van der Waals surface area contributed by atoms with Crippen LogP contribution in [0.1, 0.15) is 34.3 Å². The number of amides is 2. The molecule has 186 valence electrons. The summed E-state index contributed by atoms with van der Waals surface area (Å²) in [5.41, 5.74) is 2.63. The summed E-state index contributed by atoms with van der Waals surface area (Å²) >= 11 is 0. The van der Waals surface area contributed by atoms with E-state index < -0.39 is 0 Å². The zero-order valence-electron chi connectivity index (χ0n) is 20.0. The monoisotopic (exact) mass is 490 g/mol. The Morgan fingerprint density at radius 3 is 2.64 bits per heavy atom. The number of ketones is 1. The molecule has 3 aromatic rings. The van der Waals surface area contributed by atoms with Gasteiger partial charge in [0.05, 0.1) is 5.69 Å². The second kappa shape index (κ2) is 11.5. The van der Waals surface area contributed by atoms with Gasteiger partial charge in [-0.25, -0.2) is 4.39 Å². The molecule has 1 heterocycles. The summed E-state index contributed by atoms with van der Waals surface area (Å²) in [6.07, 6.45) is 0.638. The van der Waals surface area contributed by atoms with Gasteiger partial charge in [0.25, 0.3) is 5.91 Å². The lowest BCUT2D eigenvalue weighted by Crippen LogP contribution is -2.40. The highest BCUT2D eigenvalue weighted by atomic mass is 19.1. The molecule has 0 radical (unpaired) electrons. The summed E-state index contributed by atoms with van der Waals surface area (Å²) in [7, 11) is 0. The lowest BCUT2D eigenvalue weighted by Gasteiger charge is -2.29. The summed E-state index contributed by atoms with van der Waals surface area (Å²) in [5, 5.41) is 2.79. The van der Waals surface area contributed by atoms with Crippen molar-refractivity contribution in [1.29, 1.82) is 0 Å². The summed E-state index contributed by atoms with van der Waals surface area (Å²) < 4.78 is 24.2. The lowest BCUT2D eigenvalue weighted by molar-refractivity contribution is -0.123. The van der Waals surface area contributed by atoms with Crippen LogP contribution in [-0.4, -0.2) is 37.4 Å². The summed E-state index contributed by atoms with van der Waals surface area (Å²) in [4.78, 5) is 39.1. The molecule has 0 spiro atoms. The topological polar surface area (TPSA) is 84.9 Å². The molecular weight excluding hydrogens is 463 g/mol. The highest BCUT2D eigenvalue weighted by Gasteiger charge is 2.26. The summed E-state index contributed by atoms with van der Waals surface area (Å²) in [6.45, 7) is 2.27. The number of benzene rings is 3. The van der Waals surface area contributed by atoms with Crippen LogP contribution in [0.5, 0.6) is 11.5 Å². The molecule has 4 rings (SSSR count). The number of hydrogen-bond acceptors (Lipinski definition) is 5. The maximum Gasteiger partial charge on any atom is 0.265 e. The highest BCUT2D eigenvalue weighted by Crippen LogP contribution is 2.33. The molecule has 2 amide bonds. The average molecular weight is 491 g/mol. The Kier molecular flexibility index (Phi) is 7.95. The Morgan fingerprint density at radius 1 is 1.08 bits per heavy atom. The number of hydrogen-bond donors (Lipinski definition) is 1. The second-order valence-electron chi connectivity index (χ2n) is 8.50. The van der Waals surface area contributed by atoms with Gasteiger partial charge >= 0.3 is 0 Å². The molecule has 7 nitrogen and oxygen atoms in total. The molecule has 0 aromatic heterocycles. The molecule has 0 bridgehead atoms. The van der Waals surface area contributed by atoms with E-state index in [4.69, 9.17) is 9.47 Å². The second-order valence-corrected chi connectivity index (χ2v) is 8.50. The van der Waals surface area contributed by atoms with Crippen LogP contribution >= 0.6 is 0 Å². The molecule has 1 N–H and O–H groups in total. The number of halogens is 1. The van der Waals surface area contributed by atoms with E-state index in [9.17, 15) is 18.8 Å². The molecule has 1 aliphatic rings. The normalized spacial score (nSPS) is 12.5. The maximum absolute atomic E-state index is 13.0. The van der Waals surface area contributed by atoms with Gasteiger partial charge in [-0.1, -0.05) is 30.3 Å². The van der Waals surface area contributed by atoms with E-state index in [1.54, 1.807) is 41.3 Å². The number of anilines is 1. The summed E-state index contributed by atoms with van der Waals surface area (Å²) in [6, 6.07) is 18.3. The first-order chi connectivity index (χ1) is 17.4. The predicted molar refractivity (Wildman–Crippen MR) is 133 cm³/mol. The smallest absolute Gasteiger partial charge is 0.265 e. The van der Waals surface area contributed by atoms with Gasteiger partial charge < -0.3 is 19.7 Å². The molecule has 3 aromatic carbocycles. The molecule has 1 aliphatic heterocycles. The van der Waals surface area contributed by atoms with Gasteiger partial charge in [0.2, 0.25) is 5.91 Å². The van der Waals surface area contributed by atoms with Crippen LogP contribution in [0.15, 0.2) is 66.7 Å². The van der Waals surface area contributed by atoms with Crippen molar-refractivity contribution in [2.75, 3.05) is 24.7 Å². The Labute approximate surface area is 208 Å². The summed E-state index contributed by atoms with van der Waals surface area (Å²) in [5.74, 6) is 0.185. The number of nitrogens with one attached hydrogen (secondary N) is 1. The van der Waals surface area contributed by atoms with Crippen LogP contribution in [0.3, 0.4) is 0 Å². The van der Waals surface area contributed by atoms with Crippen LogP contribution in [0.2, 0.25) is 0 Å². The van der Waals surface area contributed by atoms with Crippen molar-refractivity contribution in [3.63, 3.8) is 0 Å². The Bertz CT molecular complexity index is 1260. The fourth-order valence-electron chi connectivity index (χ4n) is 3.85. The minimum Gasteiger partial charge on any atom is -0.485 e. The van der Waals surface area contributed by atoms with Gasteiger partial charge in [0.15, 0.2) is 19.0 Å². The third kappa shape index (κ3) is 6.27. The molecule has 36 heavy (non-hydrogen) atoms. The van der Waals surface area contributed by atoms with Gasteiger partial charge in [0, 0.05) is 25.1 Å². The Morgan fingerprint density at radius 2 is 1.86 bits per heavy atom. The van der Waals surface area contributed by atoms with E-state index in [2.05, 4.69) is 5.32 Å². The number of para-hydroxylation sites is 1. The minimum atomic E-state index is -0.329.